The van der Waals surface area contributed by atoms with Gasteiger partial charge in [0.05, 0.1) is 35.4 Å². The number of aromatic nitrogens is 4. The van der Waals surface area contributed by atoms with Crippen LogP contribution in [-0.4, -0.2) is 107 Å². The predicted octanol–water partition coefficient (Wildman–Crippen LogP) is 5.14. The molecule has 6 rings (SSSR count). The Labute approximate surface area is 281 Å². The molecule has 1 saturated carbocycles. The third kappa shape index (κ3) is 7.15. The topological polar surface area (TPSA) is 112 Å². The van der Waals surface area contributed by atoms with E-state index in [4.69, 9.17) is 9.72 Å². The monoisotopic (exact) mass is 658 g/mol. The number of pyridine rings is 2. The Morgan fingerprint density at radius 1 is 1.04 bits per heavy atom. The van der Waals surface area contributed by atoms with Crippen molar-refractivity contribution >= 4 is 28.6 Å². The number of ether oxygens (including phenoxy) is 1. The summed E-state index contributed by atoms with van der Waals surface area (Å²) in [6.07, 6.45) is 7.71. The molecular weight excluding hydrogens is 611 g/mol. The van der Waals surface area contributed by atoms with Crippen molar-refractivity contribution in [1.82, 2.24) is 29.3 Å². The molecule has 4 aromatic rings. The number of aryl methyl sites for hydroxylation is 1. The Morgan fingerprint density at radius 2 is 1.79 bits per heavy atom. The fourth-order valence-electron chi connectivity index (χ4n) is 7.07. The van der Waals surface area contributed by atoms with Crippen LogP contribution >= 0.6 is 0 Å². The Kier molecular flexibility index (Phi) is 10.2. The fraction of sp³-hybridized carbons (Fsp3) is 0.500. The van der Waals surface area contributed by atoms with E-state index in [1.807, 2.05) is 6.07 Å². The van der Waals surface area contributed by atoms with Crippen LogP contribution in [0, 0.1) is 12.7 Å². The molecule has 1 saturated heterocycles. The molecule has 0 bridgehead atoms. The lowest BCUT2D eigenvalue weighted by Crippen LogP contribution is -2.45. The van der Waals surface area contributed by atoms with E-state index < -0.39 is 11.7 Å². The summed E-state index contributed by atoms with van der Waals surface area (Å²) in [6.45, 7) is 5.73. The first-order valence-corrected chi connectivity index (χ1v) is 16.9. The second-order valence-corrected chi connectivity index (χ2v) is 13.4. The van der Waals surface area contributed by atoms with Crippen LogP contribution in [0.2, 0.25) is 0 Å². The molecule has 0 radical (unpaired) electrons. The van der Waals surface area contributed by atoms with Gasteiger partial charge in [0.1, 0.15) is 11.4 Å². The van der Waals surface area contributed by atoms with Gasteiger partial charge < -0.3 is 29.1 Å². The number of likely N-dealkylation sites (N-methyl/N-ethyl adjacent to an activating group) is 2. The van der Waals surface area contributed by atoms with Crippen molar-refractivity contribution in [3.63, 3.8) is 0 Å². The number of piperidine rings is 1. The molecule has 2 N–H and O–H groups in total. The van der Waals surface area contributed by atoms with Gasteiger partial charge in [0.15, 0.2) is 5.82 Å². The van der Waals surface area contributed by atoms with E-state index in [2.05, 4.69) is 67.8 Å². The fourth-order valence-corrected chi connectivity index (χ4v) is 7.07. The summed E-state index contributed by atoms with van der Waals surface area (Å²) in [5.41, 5.74) is 3.50. The van der Waals surface area contributed by atoms with Crippen LogP contribution in [0.25, 0.3) is 22.3 Å². The lowest BCUT2D eigenvalue weighted by atomic mass is 9.93. The van der Waals surface area contributed by atoms with Crippen molar-refractivity contribution in [2.75, 3.05) is 64.6 Å². The van der Waals surface area contributed by atoms with Crippen LogP contribution in [0.4, 0.5) is 16.0 Å². The van der Waals surface area contributed by atoms with E-state index in [0.29, 0.717) is 41.8 Å². The van der Waals surface area contributed by atoms with E-state index in [1.54, 1.807) is 19.2 Å². The highest BCUT2D eigenvalue weighted by Crippen LogP contribution is 2.37. The summed E-state index contributed by atoms with van der Waals surface area (Å²) in [5.74, 6) is -0.601. The second kappa shape index (κ2) is 14.6. The molecule has 3 aromatic heterocycles. The molecule has 1 amide bonds. The van der Waals surface area contributed by atoms with Gasteiger partial charge in [-0.05, 0) is 96.9 Å². The van der Waals surface area contributed by atoms with E-state index in [0.717, 1.165) is 68.6 Å². The molecular formula is C36H47FN8O3. The molecule has 48 heavy (non-hydrogen) atoms. The molecule has 4 heterocycles. The first-order chi connectivity index (χ1) is 23.1. The molecule has 0 spiro atoms. The normalized spacial score (nSPS) is 19.0. The number of carbonyl (C=O) groups is 1. The average molecular weight is 659 g/mol. The number of halogens is 1. The SMILES string of the molecule is COc1ccncc1-c1nc(C)cc(C(=O)Nc2nc3ccc(N4CCC(N(C)CCN(C)C)CC4)cc3n2[C@H]2CC[C@@H](O)CC2)c1F. The van der Waals surface area contributed by atoms with Crippen molar-refractivity contribution in [2.45, 2.75) is 63.6 Å². The van der Waals surface area contributed by atoms with Crippen molar-refractivity contribution in [2.24, 2.45) is 0 Å². The highest BCUT2D eigenvalue weighted by Gasteiger charge is 2.29. The maximum absolute atomic E-state index is 16.1. The number of rotatable bonds is 10. The second-order valence-electron chi connectivity index (χ2n) is 13.4. The van der Waals surface area contributed by atoms with E-state index in [-0.39, 0.29) is 23.4 Å². The van der Waals surface area contributed by atoms with Gasteiger partial charge in [0.2, 0.25) is 5.95 Å². The summed E-state index contributed by atoms with van der Waals surface area (Å²) < 4.78 is 23.6. The first kappa shape index (κ1) is 33.8. The van der Waals surface area contributed by atoms with Crippen LogP contribution in [0.5, 0.6) is 5.75 Å². The largest absolute Gasteiger partial charge is 0.496 e. The minimum atomic E-state index is -0.758. The number of carbonyl (C=O) groups excluding carboxylic acids is 1. The molecule has 1 aromatic carbocycles. The number of hydrogen-bond acceptors (Lipinski definition) is 9. The molecule has 256 valence electrons. The smallest absolute Gasteiger partial charge is 0.261 e. The van der Waals surface area contributed by atoms with Crippen molar-refractivity contribution < 1.29 is 19.0 Å². The number of fused-ring (bicyclic) bond motifs is 1. The zero-order valence-electron chi connectivity index (χ0n) is 28.6. The summed E-state index contributed by atoms with van der Waals surface area (Å²) in [5, 5.41) is 13.2. The minimum absolute atomic E-state index is 0.00261. The van der Waals surface area contributed by atoms with Gasteiger partial charge in [-0.15, -0.1) is 0 Å². The minimum Gasteiger partial charge on any atom is -0.496 e. The van der Waals surface area contributed by atoms with Crippen molar-refractivity contribution in [1.29, 1.82) is 0 Å². The highest BCUT2D eigenvalue weighted by atomic mass is 19.1. The first-order valence-electron chi connectivity index (χ1n) is 16.9. The Hall–Kier alpha value is -4.13. The van der Waals surface area contributed by atoms with E-state index >= 15 is 4.39 Å². The third-order valence-corrected chi connectivity index (χ3v) is 9.87. The molecule has 0 atom stereocenters. The quantitative estimate of drug-likeness (QED) is 0.239. The number of nitrogens with one attached hydrogen (secondary N) is 1. The number of aliphatic hydroxyl groups is 1. The van der Waals surface area contributed by atoms with E-state index in [9.17, 15) is 9.90 Å². The summed E-state index contributed by atoms with van der Waals surface area (Å²) in [7, 11) is 7.94. The van der Waals surface area contributed by atoms with Gasteiger partial charge in [-0.1, -0.05) is 0 Å². The lowest BCUT2D eigenvalue weighted by molar-refractivity contribution is 0.101. The third-order valence-electron chi connectivity index (χ3n) is 9.87. The number of methoxy groups -OCH3 is 1. The number of imidazole rings is 1. The predicted molar refractivity (Wildman–Crippen MR) is 186 cm³/mol. The Balaban J connectivity index is 1.30. The molecule has 12 heteroatoms. The van der Waals surface area contributed by atoms with E-state index in [1.165, 1.54) is 19.4 Å². The number of aliphatic hydroxyl groups excluding tert-OH is 1. The zero-order chi connectivity index (χ0) is 33.9. The van der Waals surface area contributed by atoms with Gasteiger partial charge in [0.25, 0.3) is 5.91 Å². The number of anilines is 2. The van der Waals surface area contributed by atoms with Crippen molar-refractivity contribution in [3.8, 4) is 17.0 Å². The standard InChI is InChI=1S/C36H47FN8O3/c1-23-20-28(33(37)34(39-23)29-22-38-15-12-32(29)48-5)35(47)41-36-40-30-11-8-26(21-31(30)45(36)25-6-9-27(46)10-7-25)44-16-13-24(14-17-44)43(4)19-18-42(2)3/h8,11-12,15,20-22,24-25,27,46H,6-7,9-10,13-14,16-19H2,1-5H3,(H,40,41,47)/t25-,27+. The summed E-state index contributed by atoms with van der Waals surface area (Å²) in [4.78, 5) is 34.3. The van der Waals surface area contributed by atoms with Gasteiger partial charge in [-0.25, -0.2) is 14.4 Å². The molecule has 0 unspecified atom stereocenters. The average Bonchev–Trinajstić information content (AvgIpc) is 3.45. The zero-order valence-corrected chi connectivity index (χ0v) is 28.6. The highest BCUT2D eigenvalue weighted by molar-refractivity contribution is 6.05. The Bertz CT molecular complexity index is 1740. The number of amides is 1. The summed E-state index contributed by atoms with van der Waals surface area (Å²) in [6, 6.07) is 9.94. The molecule has 2 aliphatic rings. The molecule has 1 aliphatic carbocycles. The lowest BCUT2D eigenvalue weighted by Gasteiger charge is -2.38. The van der Waals surface area contributed by atoms with Gasteiger partial charge in [-0.2, -0.15) is 0 Å². The Morgan fingerprint density at radius 3 is 2.50 bits per heavy atom. The summed E-state index contributed by atoms with van der Waals surface area (Å²) >= 11 is 0. The number of nitrogens with zero attached hydrogens (tertiary/aromatic N) is 7. The number of hydrogen-bond donors (Lipinski definition) is 2. The molecule has 2 fully saturated rings. The van der Waals surface area contributed by atoms with Gasteiger partial charge in [-0.3, -0.25) is 15.1 Å². The van der Waals surface area contributed by atoms with Crippen LogP contribution in [0.3, 0.4) is 0 Å². The van der Waals surface area contributed by atoms with Crippen LogP contribution in [0.1, 0.15) is 60.6 Å². The van der Waals surface area contributed by atoms with Crippen LogP contribution in [0.15, 0.2) is 42.7 Å². The van der Waals surface area contributed by atoms with Gasteiger partial charge >= 0.3 is 0 Å². The number of benzene rings is 1. The maximum Gasteiger partial charge on any atom is 0.261 e. The van der Waals surface area contributed by atoms with Gasteiger partial charge in [0, 0.05) is 62.0 Å². The molecule has 11 nitrogen and oxygen atoms in total. The van der Waals surface area contributed by atoms with Crippen LogP contribution < -0.4 is 15.0 Å². The molecule has 1 aliphatic heterocycles. The maximum atomic E-state index is 16.1. The van der Waals surface area contributed by atoms with Crippen LogP contribution in [-0.2, 0) is 0 Å². The van der Waals surface area contributed by atoms with Crippen molar-refractivity contribution in [3.05, 3.63) is 59.8 Å².